The molecule has 0 amide bonds. The molecule has 5 rings (SSSR count). The molecule has 172 valence electrons. The van der Waals surface area contributed by atoms with Gasteiger partial charge in [-0.25, -0.2) is 4.98 Å². The second-order valence-electron chi connectivity index (χ2n) is 8.47. The number of pyridine rings is 1. The molecule has 0 atom stereocenters. The normalized spacial score (nSPS) is 13.5. The number of rotatable bonds is 6. The lowest BCUT2D eigenvalue weighted by Crippen LogP contribution is -2.47. The summed E-state index contributed by atoms with van der Waals surface area (Å²) >= 11 is 0. The predicted molar refractivity (Wildman–Crippen MR) is 132 cm³/mol. The molecule has 0 unspecified atom stereocenters. The van der Waals surface area contributed by atoms with Crippen LogP contribution in [0.5, 0.6) is 5.75 Å². The van der Waals surface area contributed by atoms with E-state index in [1.807, 2.05) is 73.8 Å². The molecule has 1 aliphatic heterocycles. The molecule has 34 heavy (non-hydrogen) atoms. The first kappa shape index (κ1) is 21.9. The number of methoxy groups -OCH3 is 1. The van der Waals surface area contributed by atoms with E-state index in [2.05, 4.69) is 20.9 Å². The van der Waals surface area contributed by atoms with Crippen LogP contribution in [0.1, 0.15) is 22.4 Å². The number of hydrogen-bond acceptors (Lipinski definition) is 6. The Kier molecular flexibility index (Phi) is 6.10. The summed E-state index contributed by atoms with van der Waals surface area (Å²) < 4.78 is 7.12. The number of fused-ring (bicyclic) bond motifs is 1. The van der Waals surface area contributed by atoms with Crippen molar-refractivity contribution in [3.8, 4) is 5.75 Å². The van der Waals surface area contributed by atoms with E-state index in [0.717, 1.165) is 33.8 Å². The van der Waals surface area contributed by atoms with Gasteiger partial charge in [-0.05, 0) is 48.4 Å². The minimum Gasteiger partial charge on any atom is -0.497 e. The fourth-order valence-electron chi connectivity index (χ4n) is 4.34. The molecular formula is C27H27N5O2. The van der Waals surface area contributed by atoms with Crippen molar-refractivity contribution in [1.29, 1.82) is 0 Å². The van der Waals surface area contributed by atoms with Crippen LogP contribution in [0.4, 0.5) is 11.6 Å². The number of aryl methyl sites for hydroxylation is 1. The molecule has 7 heteroatoms. The van der Waals surface area contributed by atoms with Gasteiger partial charge >= 0.3 is 0 Å². The van der Waals surface area contributed by atoms with Gasteiger partial charge in [0.15, 0.2) is 0 Å². The molecule has 4 aromatic rings. The first-order chi connectivity index (χ1) is 16.6. The highest BCUT2D eigenvalue weighted by atomic mass is 16.5. The molecule has 0 saturated heterocycles. The molecule has 0 N–H and O–H groups in total. The second-order valence-corrected chi connectivity index (χ2v) is 8.47. The van der Waals surface area contributed by atoms with Gasteiger partial charge in [-0.3, -0.25) is 24.1 Å². The Morgan fingerprint density at radius 3 is 2.41 bits per heavy atom. The van der Waals surface area contributed by atoms with Gasteiger partial charge in [0, 0.05) is 36.6 Å². The lowest BCUT2D eigenvalue weighted by Gasteiger charge is -2.38. The van der Waals surface area contributed by atoms with E-state index in [9.17, 15) is 4.79 Å². The first-order valence-electron chi connectivity index (χ1n) is 11.3. The SMILES string of the molecule is COc1ccc(N2CN(Cc3cccnc3)Cn3c2nc(C)c(Cc2ccccc2)c3=O)cc1. The number of hydrogen-bond donors (Lipinski definition) is 0. The van der Waals surface area contributed by atoms with Gasteiger partial charge in [0.1, 0.15) is 5.75 Å². The monoisotopic (exact) mass is 453 g/mol. The third-order valence-electron chi connectivity index (χ3n) is 6.11. The van der Waals surface area contributed by atoms with Crippen molar-refractivity contribution in [3.63, 3.8) is 0 Å². The van der Waals surface area contributed by atoms with Gasteiger partial charge in [-0.2, -0.15) is 0 Å². The first-order valence-corrected chi connectivity index (χ1v) is 11.3. The van der Waals surface area contributed by atoms with Crippen LogP contribution in [-0.2, 0) is 19.6 Å². The fourth-order valence-corrected chi connectivity index (χ4v) is 4.34. The van der Waals surface area contributed by atoms with Gasteiger partial charge in [-0.1, -0.05) is 36.4 Å². The average molecular weight is 454 g/mol. The highest BCUT2D eigenvalue weighted by Crippen LogP contribution is 2.30. The fraction of sp³-hybridized carbons (Fsp3) is 0.222. The van der Waals surface area contributed by atoms with Crippen molar-refractivity contribution in [2.75, 3.05) is 18.7 Å². The molecule has 0 radical (unpaired) electrons. The largest absolute Gasteiger partial charge is 0.497 e. The molecule has 1 aliphatic rings. The smallest absolute Gasteiger partial charge is 0.259 e. The zero-order valence-corrected chi connectivity index (χ0v) is 19.4. The molecule has 0 fully saturated rings. The Morgan fingerprint density at radius 2 is 1.71 bits per heavy atom. The summed E-state index contributed by atoms with van der Waals surface area (Å²) in [5.41, 5.74) is 4.64. The number of benzene rings is 2. The summed E-state index contributed by atoms with van der Waals surface area (Å²) in [6, 6.07) is 21.9. The molecule has 7 nitrogen and oxygen atoms in total. The highest BCUT2D eigenvalue weighted by molar-refractivity contribution is 5.59. The quantitative estimate of drug-likeness (QED) is 0.438. The molecule has 0 aliphatic carbocycles. The molecule has 3 heterocycles. The van der Waals surface area contributed by atoms with Crippen LogP contribution in [0, 0.1) is 6.92 Å². The van der Waals surface area contributed by atoms with Crippen LogP contribution in [0.2, 0.25) is 0 Å². The third kappa shape index (κ3) is 4.43. The second kappa shape index (κ2) is 9.49. The number of nitrogens with zero attached hydrogens (tertiary/aromatic N) is 5. The number of aromatic nitrogens is 3. The average Bonchev–Trinajstić information content (AvgIpc) is 2.88. The molecule has 0 bridgehead atoms. The van der Waals surface area contributed by atoms with E-state index in [-0.39, 0.29) is 5.56 Å². The van der Waals surface area contributed by atoms with E-state index >= 15 is 0 Å². The van der Waals surface area contributed by atoms with Gasteiger partial charge in [0.2, 0.25) is 5.95 Å². The van der Waals surface area contributed by atoms with Crippen molar-refractivity contribution < 1.29 is 4.74 Å². The van der Waals surface area contributed by atoms with Crippen molar-refractivity contribution in [2.24, 2.45) is 0 Å². The summed E-state index contributed by atoms with van der Waals surface area (Å²) in [6.07, 6.45) is 4.19. The van der Waals surface area contributed by atoms with Crippen LogP contribution >= 0.6 is 0 Å². The summed E-state index contributed by atoms with van der Waals surface area (Å²) in [7, 11) is 1.65. The molecule has 0 saturated carbocycles. The molecule has 2 aromatic carbocycles. The van der Waals surface area contributed by atoms with E-state index in [0.29, 0.717) is 32.3 Å². The van der Waals surface area contributed by atoms with Crippen LogP contribution in [-0.4, -0.2) is 33.2 Å². The summed E-state index contributed by atoms with van der Waals surface area (Å²) in [4.78, 5) is 27.2. The lowest BCUT2D eigenvalue weighted by atomic mass is 10.1. The van der Waals surface area contributed by atoms with Crippen LogP contribution in [0.3, 0.4) is 0 Å². The Bertz CT molecular complexity index is 1320. The topological polar surface area (TPSA) is 63.5 Å². The molecular weight excluding hydrogens is 426 g/mol. The van der Waals surface area contributed by atoms with Crippen LogP contribution < -0.4 is 15.2 Å². The van der Waals surface area contributed by atoms with Crippen molar-refractivity contribution >= 4 is 11.6 Å². The standard InChI is InChI=1S/C27H27N5O2/c1-20-25(15-21-7-4-3-5-8-21)26(33)32-19-30(17-22-9-6-14-28-16-22)18-31(27(32)29-20)23-10-12-24(34-2)13-11-23/h3-14,16H,15,17-19H2,1-2H3. The van der Waals surface area contributed by atoms with Crippen molar-refractivity contribution in [3.05, 3.63) is 112 Å². The maximum Gasteiger partial charge on any atom is 0.259 e. The Balaban J connectivity index is 1.57. The Morgan fingerprint density at radius 1 is 0.941 bits per heavy atom. The zero-order chi connectivity index (χ0) is 23.5. The number of ether oxygens (including phenoxy) is 1. The minimum absolute atomic E-state index is 0.000696. The van der Waals surface area contributed by atoms with E-state index < -0.39 is 0 Å². The summed E-state index contributed by atoms with van der Waals surface area (Å²) in [6.45, 7) is 3.67. The van der Waals surface area contributed by atoms with E-state index in [1.54, 1.807) is 17.9 Å². The van der Waals surface area contributed by atoms with Gasteiger partial charge < -0.3 is 4.74 Å². The van der Waals surface area contributed by atoms with Crippen LogP contribution in [0.15, 0.2) is 83.9 Å². The molecule has 2 aromatic heterocycles. The molecule has 0 spiro atoms. The maximum atomic E-state index is 13.8. The van der Waals surface area contributed by atoms with Crippen molar-refractivity contribution in [1.82, 2.24) is 19.4 Å². The van der Waals surface area contributed by atoms with E-state index in [1.165, 1.54) is 0 Å². The minimum atomic E-state index is 0.000696. The van der Waals surface area contributed by atoms with Crippen LogP contribution in [0.25, 0.3) is 0 Å². The lowest BCUT2D eigenvalue weighted by molar-refractivity contribution is 0.189. The number of anilines is 2. The van der Waals surface area contributed by atoms with Crippen molar-refractivity contribution in [2.45, 2.75) is 26.6 Å². The summed E-state index contributed by atoms with van der Waals surface area (Å²) in [5, 5.41) is 0. The summed E-state index contributed by atoms with van der Waals surface area (Å²) in [5.74, 6) is 1.44. The van der Waals surface area contributed by atoms with Gasteiger partial charge in [0.05, 0.1) is 26.1 Å². The maximum absolute atomic E-state index is 13.8. The predicted octanol–water partition coefficient (Wildman–Crippen LogP) is 4.12. The van der Waals surface area contributed by atoms with Gasteiger partial charge in [0.25, 0.3) is 5.56 Å². The Labute approximate surface area is 198 Å². The van der Waals surface area contributed by atoms with E-state index in [4.69, 9.17) is 9.72 Å². The third-order valence-corrected chi connectivity index (χ3v) is 6.11. The zero-order valence-electron chi connectivity index (χ0n) is 19.4. The highest BCUT2D eigenvalue weighted by Gasteiger charge is 2.28. The Hall–Kier alpha value is -3.97. The van der Waals surface area contributed by atoms with Gasteiger partial charge in [-0.15, -0.1) is 0 Å².